The summed E-state index contributed by atoms with van der Waals surface area (Å²) < 4.78 is 0. The van der Waals surface area contributed by atoms with E-state index in [4.69, 9.17) is 23.2 Å². The molecule has 0 fully saturated rings. The van der Waals surface area contributed by atoms with E-state index in [0.717, 1.165) is 6.33 Å². The summed E-state index contributed by atoms with van der Waals surface area (Å²) in [6, 6.07) is 4.20. The van der Waals surface area contributed by atoms with Crippen molar-refractivity contribution in [3.63, 3.8) is 0 Å². The van der Waals surface area contributed by atoms with Crippen molar-refractivity contribution in [2.45, 2.75) is 6.92 Å². The third-order valence-electron chi connectivity index (χ3n) is 2.59. The standard InChI is InChI=1S/C12H8Cl2N4O3/c1-6-2-3-8(18(20)21)7(4-6)12(19)17-9-10(13)15-5-16-11(9)14/h2-5H,1H3,(H,17,19). The highest BCUT2D eigenvalue weighted by molar-refractivity contribution is 6.38. The van der Waals surface area contributed by atoms with E-state index in [1.54, 1.807) is 13.0 Å². The fourth-order valence-corrected chi connectivity index (χ4v) is 2.03. The van der Waals surface area contributed by atoms with Gasteiger partial charge in [0, 0.05) is 6.07 Å². The molecule has 0 unspecified atom stereocenters. The molecule has 1 aromatic heterocycles. The Kier molecular flexibility index (Phi) is 4.35. The molecular weight excluding hydrogens is 319 g/mol. The van der Waals surface area contributed by atoms with Gasteiger partial charge in [-0.25, -0.2) is 9.97 Å². The zero-order valence-electron chi connectivity index (χ0n) is 10.6. The molecule has 0 atom stereocenters. The van der Waals surface area contributed by atoms with Crippen LogP contribution in [0, 0.1) is 17.0 Å². The summed E-state index contributed by atoms with van der Waals surface area (Å²) in [5.74, 6) is -0.719. The smallest absolute Gasteiger partial charge is 0.282 e. The molecule has 0 spiro atoms. The third-order valence-corrected chi connectivity index (χ3v) is 3.16. The second-order valence-electron chi connectivity index (χ2n) is 4.06. The summed E-state index contributed by atoms with van der Waals surface area (Å²) >= 11 is 11.6. The molecule has 9 heteroatoms. The quantitative estimate of drug-likeness (QED) is 0.530. The Morgan fingerprint density at radius 2 is 1.90 bits per heavy atom. The van der Waals surface area contributed by atoms with Gasteiger partial charge in [-0.15, -0.1) is 0 Å². The number of nitro benzene ring substituents is 1. The fourth-order valence-electron chi connectivity index (χ4n) is 1.62. The summed E-state index contributed by atoms with van der Waals surface area (Å²) in [6.45, 7) is 1.71. The number of nitro groups is 1. The number of halogens is 2. The second-order valence-corrected chi connectivity index (χ2v) is 4.78. The van der Waals surface area contributed by atoms with Crippen LogP contribution >= 0.6 is 23.2 Å². The van der Waals surface area contributed by atoms with Crippen LogP contribution in [-0.2, 0) is 0 Å². The van der Waals surface area contributed by atoms with Crippen molar-refractivity contribution in [1.82, 2.24) is 9.97 Å². The molecule has 2 aromatic rings. The van der Waals surface area contributed by atoms with Crippen LogP contribution in [0.4, 0.5) is 11.4 Å². The molecule has 1 N–H and O–H groups in total. The lowest BCUT2D eigenvalue weighted by Crippen LogP contribution is -2.15. The number of aryl methyl sites for hydroxylation is 1. The van der Waals surface area contributed by atoms with Gasteiger partial charge in [-0.1, -0.05) is 29.3 Å². The molecule has 0 bridgehead atoms. The van der Waals surface area contributed by atoms with Gasteiger partial charge in [-0.05, 0) is 18.6 Å². The van der Waals surface area contributed by atoms with Crippen molar-refractivity contribution in [3.8, 4) is 0 Å². The maximum absolute atomic E-state index is 12.2. The van der Waals surface area contributed by atoms with Crippen LogP contribution in [0.15, 0.2) is 24.5 Å². The van der Waals surface area contributed by atoms with Gasteiger partial charge in [0.2, 0.25) is 0 Å². The first-order valence-corrected chi connectivity index (χ1v) is 6.38. The van der Waals surface area contributed by atoms with Gasteiger partial charge in [0.05, 0.1) is 4.92 Å². The molecular formula is C12H8Cl2N4O3. The number of amides is 1. The monoisotopic (exact) mass is 326 g/mol. The van der Waals surface area contributed by atoms with Gasteiger partial charge < -0.3 is 5.32 Å². The number of hydrogen-bond donors (Lipinski definition) is 1. The topological polar surface area (TPSA) is 98.0 Å². The Morgan fingerprint density at radius 3 is 2.48 bits per heavy atom. The lowest BCUT2D eigenvalue weighted by atomic mass is 10.1. The molecule has 0 aliphatic rings. The molecule has 1 heterocycles. The molecule has 0 saturated carbocycles. The van der Waals surface area contributed by atoms with Gasteiger partial charge in [0.1, 0.15) is 17.6 Å². The number of anilines is 1. The van der Waals surface area contributed by atoms with Crippen LogP contribution in [0.5, 0.6) is 0 Å². The van der Waals surface area contributed by atoms with E-state index in [0.29, 0.717) is 5.56 Å². The number of benzene rings is 1. The van der Waals surface area contributed by atoms with Crippen molar-refractivity contribution < 1.29 is 9.72 Å². The first-order valence-electron chi connectivity index (χ1n) is 5.62. The number of carbonyl (C=O) groups is 1. The van der Waals surface area contributed by atoms with Crippen LogP contribution in [0.25, 0.3) is 0 Å². The van der Waals surface area contributed by atoms with E-state index in [1.165, 1.54) is 12.1 Å². The van der Waals surface area contributed by atoms with Crippen molar-refractivity contribution >= 4 is 40.5 Å². The molecule has 7 nitrogen and oxygen atoms in total. The minimum atomic E-state index is -0.719. The highest BCUT2D eigenvalue weighted by Crippen LogP contribution is 2.28. The van der Waals surface area contributed by atoms with Crippen LogP contribution in [-0.4, -0.2) is 20.8 Å². The average Bonchev–Trinajstić information content (AvgIpc) is 2.42. The van der Waals surface area contributed by atoms with E-state index >= 15 is 0 Å². The van der Waals surface area contributed by atoms with Gasteiger partial charge >= 0.3 is 0 Å². The predicted octanol–water partition coefficient (Wildman–Crippen LogP) is 3.25. The number of hydrogen-bond acceptors (Lipinski definition) is 5. The van der Waals surface area contributed by atoms with Gasteiger partial charge in [0.15, 0.2) is 10.3 Å². The fraction of sp³-hybridized carbons (Fsp3) is 0.0833. The SMILES string of the molecule is Cc1ccc([N+](=O)[O-])c(C(=O)Nc2c(Cl)ncnc2Cl)c1. The molecule has 0 radical (unpaired) electrons. The molecule has 2 rings (SSSR count). The number of carbonyl (C=O) groups excluding carboxylic acids is 1. The maximum Gasteiger partial charge on any atom is 0.282 e. The van der Waals surface area contributed by atoms with Gasteiger partial charge in [0.25, 0.3) is 11.6 Å². The van der Waals surface area contributed by atoms with E-state index in [-0.39, 0.29) is 27.2 Å². The molecule has 1 aromatic carbocycles. The number of rotatable bonds is 3. The number of nitrogens with one attached hydrogen (secondary N) is 1. The molecule has 0 aliphatic heterocycles. The first kappa shape index (κ1) is 15.1. The van der Waals surface area contributed by atoms with Crippen molar-refractivity contribution in [2.75, 3.05) is 5.32 Å². The minimum Gasteiger partial charge on any atom is -0.317 e. The van der Waals surface area contributed by atoms with Crippen LogP contribution < -0.4 is 5.32 Å². The first-order chi connectivity index (χ1) is 9.90. The highest BCUT2D eigenvalue weighted by atomic mass is 35.5. The van der Waals surface area contributed by atoms with Crippen molar-refractivity contribution in [2.24, 2.45) is 0 Å². The highest BCUT2D eigenvalue weighted by Gasteiger charge is 2.22. The van der Waals surface area contributed by atoms with Crippen LogP contribution in [0.3, 0.4) is 0 Å². The maximum atomic E-state index is 12.2. The second kappa shape index (κ2) is 6.02. The molecule has 1 amide bonds. The molecule has 0 saturated heterocycles. The Morgan fingerprint density at radius 1 is 1.29 bits per heavy atom. The van der Waals surface area contributed by atoms with Gasteiger partial charge in [-0.3, -0.25) is 14.9 Å². The zero-order valence-corrected chi connectivity index (χ0v) is 12.1. The zero-order chi connectivity index (χ0) is 15.6. The Hall–Kier alpha value is -2.25. The van der Waals surface area contributed by atoms with Crippen LogP contribution in [0.1, 0.15) is 15.9 Å². The minimum absolute atomic E-state index is 0.00152. The normalized spacial score (nSPS) is 10.2. The van der Waals surface area contributed by atoms with Crippen molar-refractivity contribution in [1.29, 1.82) is 0 Å². The van der Waals surface area contributed by atoms with Crippen molar-refractivity contribution in [3.05, 3.63) is 56.1 Å². The van der Waals surface area contributed by atoms with Crippen LogP contribution in [0.2, 0.25) is 10.3 Å². The Balaban J connectivity index is 2.41. The number of aromatic nitrogens is 2. The molecule has 21 heavy (non-hydrogen) atoms. The summed E-state index contributed by atoms with van der Waals surface area (Å²) in [4.78, 5) is 29.9. The summed E-state index contributed by atoms with van der Waals surface area (Å²) in [5, 5.41) is 13.2. The molecule has 0 aliphatic carbocycles. The van der Waals surface area contributed by atoms with E-state index in [2.05, 4.69) is 15.3 Å². The molecule has 108 valence electrons. The summed E-state index contributed by atoms with van der Waals surface area (Å²) in [6.07, 6.45) is 1.13. The largest absolute Gasteiger partial charge is 0.317 e. The lowest BCUT2D eigenvalue weighted by molar-refractivity contribution is -0.385. The third kappa shape index (κ3) is 3.26. The van der Waals surface area contributed by atoms with E-state index < -0.39 is 10.8 Å². The lowest BCUT2D eigenvalue weighted by Gasteiger charge is -2.08. The Labute approximate surface area is 129 Å². The predicted molar refractivity (Wildman–Crippen MR) is 77.8 cm³/mol. The Bertz CT molecular complexity index is 716. The number of nitrogens with zero attached hydrogens (tertiary/aromatic N) is 3. The summed E-state index contributed by atoms with van der Waals surface area (Å²) in [7, 11) is 0. The van der Waals surface area contributed by atoms with E-state index in [1.807, 2.05) is 0 Å². The van der Waals surface area contributed by atoms with Gasteiger partial charge in [-0.2, -0.15) is 0 Å². The average molecular weight is 327 g/mol. The van der Waals surface area contributed by atoms with E-state index in [9.17, 15) is 14.9 Å². The summed E-state index contributed by atoms with van der Waals surface area (Å²) in [5.41, 5.74) is 0.284.